The van der Waals surface area contributed by atoms with E-state index in [1.54, 1.807) is 14.0 Å². The summed E-state index contributed by atoms with van der Waals surface area (Å²) < 4.78 is 27.6. The van der Waals surface area contributed by atoms with Gasteiger partial charge in [-0.1, -0.05) is 23.2 Å². The molecule has 0 aliphatic carbocycles. The van der Waals surface area contributed by atoms with Gasteiger partial charge >= 0.3 is 7.82 Å². The minimum absolute atomic E-state index is 0.0566. The summed E-state index contributed by atoms with van der Waals surface area (Å²) in [5.41, 5.74) is 0. The summed E-state index contributed by atoms with van der Waals surface area (Å²) >= 11 is 11.6. The molecule has 1 atom stereocenters. The lowest BCUT2D eigenvalue weighted by Gasteiger charge is -2.13. The average Bonchev–Trinajstić information content (AvgIpc) is 2.47. The number of aryl methyl sites for hydroxylation is 1. The number of phosphoric ester groups is 1. The Labute approximate surface area is 103 Å². The smallest absolute Gasteiger partial charge is 0.382 e. The molecule has 0 fully saturated rings. The Kier molecular flexibility index (Phi) is 4.64. The molecule has 1 aromatic heterocycles. The van der Waals surface area contributed by atoms with Crippen LogP contribution in [0.2, 0.25) is 10.2 Å². The fourth-order valence-corrected chi connectivity index (χ4v) is 2.15. The van der Waals surface area contributed by atoms with Crippen LogP contribution >= 0.6 is 31.0 Å². The Morgan fingerprint density at radius 3 is 2.50 bits per heavy atom. The molecule has 0 amide bonds. The van der Waals surface area contributed by atoms with E-state index in [1.807, 2.05) is 0 Å². The summed E-state index contributed by atoms with van der Waals surface area (Å²) in [5.74, 6) is -0.0900. The van der Waals surface area contributed by atoms with Crippen LogP contribution < -0.4 is 4.52 Å². The molecule has 1 heterocycles. The van der Waals surface area contributed by atoms with E-state index in [0.717, 1.165) is 0 Å². The topological polar surface area (TPSA) is 62.6 Å². The zero-order valence-corrected chi connectivity index (χ0v) is 11.3. The maximum Gasteiger partial charge on any atom is 0.531 e. The normalized spacial score (nSPS) is 14.8. The highest BCUT2D eigenvalue weighted by Gasteiger charge is 2.29. The summed E-state index contributed by atoms with van der Waals surface area (Å²) in [6.07, 6.45) is 0. The molecule has 0 aliphatic rings. The molecule has 16 heavy (non-hydrogen) atoms. The minimum atomic E-state index is -3.67. The van der Waals surface area contributed by atoms with Crippen LogP contribution in [0.15, 0.2) is 0 Å². The van der Waals surface area contributed by atoms with Crippen molar-refractivity contribution in [2.45, 2.75) is 6.92 Å². The second kappa shape index (κ2) is 5.38. The standard InChI is InChI=1S/C7H11Cl2N2O4P/c1-4-14-16(12,13-3)15-7-5(8)6(9)11(2)10-7/h4H2,1-3H3. The fraction of sp³-hybridized carbons (Fsp3) is 0.571. The molecule has 0 bridgehead atoms. The van der Waals surface area contributed by atoms with Gasteiger partial charge in [-0.15, -0.1) is 5.10 Å². The Morgan fingerprint density at radius 2 is 2.12 bits per heavy atom. The van der Waals surface area contributed by atoms with Crippen LogP contribution in [0.5, 0.6) is 5.88 Å². The van der Waals surface area contributed by atoms with Crippen molar-refractivity contribution in [2.24, 2.45) is 7.05 Å². The molecule has 9 heteroatoms. The SMILES string of the molecule is CCOP(=O)(OC)Oc1nn(C)c(Cl)c1Cl. The molecule has 1 rings (SSSR count). The van der Waals surface area contributed by atoms with Gasteiger partial charge in [0.25, 0.3) is 5.88 Å². The molecule has 0 radical (unpaired) electrons. The molecule has 0 saturated heterocycles. The Hall–Kier alpha value is -0.260. The lowest BCUT2D eigenvalue weighted by Crippen LogP contribution is -2.01. The quantitative estimate of drug-likeness (QED) is 0.780. The van der Waals surface area contributed by atoms with Crippen molar-refractivity contribution in [2.75, 3.05) is 13.7 Å². The third kappa shape index (κ3) is 2.90. The van der Waals surface area contributed by atoms with E-state index in [2.05, 4.69) is 9.62 Å². The minimum Gasteiger partial charge on any atom is -0.382 e. The summed E-state index contributed by atoms with van der Waals surface area (Å²) in [5, 5.41) is 4.06. The molecule has 6 nitrogen and oxygen atoms in total. The van der Waals surface area contributed by atoms with Crippen molar-refractivity contribution in [1.82, 2.24) is 9.78 Å². The van der Waals surface area contributed by atoms with Gasteiger partial charge in [0.15, 0.2) is 0 Å². The van der Waals surface area contributed by atoms with Crippen LogP contribution in [0, 0.1) is 0 Å². The van der Waals surface area contributed by atoms with Crippen LogP contribution in [-0.2, 0) is 20.7 Å². The molecule has 0 saturated carbocycles. The molecule has 1 aromatic rings. The number of nitrogens with zero attached hydrogens (tertiary/aromatic N) is 2. The Balaban J connectivity index is 2.95. The summed E-state index contributed by atoms with van der Waals surface area (Å²) in [6.45, 7) is 1.82. The first kappa shape index (κ1) is 13.8. The number of hydrogen-bond donors (Lipinski definition) is 0. The van der Waals surface area contributed by atoms with Crippen LogP contribution in [0.25, 0.3) is 0 Å². The van der Waals surface area contributed by atoms with Gasteiger partial charge in [0.05, 0.1) is 6.61 Å². The summed E-state index contributed by atoms with van der Waals surface area (Å²) in [7, 11) is -0.902. The molecule has 0 N–H and O–H groups in total. The van der Waals surface area contributed by atoms with E-state index in [0.29, 0.717) is 0 Å². The van der Waals surface area contributed by atoms with Gasteiger partial charge in [0.2, 0.25) is 0 Å². The number of hydrogen-bond acceptors (Lipinski definition) is 5. The average molecular weight is 289 g/mol. The maximum absolute atomic E-state index is 11.8. The van der Waals surface area contributed by atoms with Gasteiger partial charge in [0, 0.05) is 14.2 Å². The molecule has 0 aromatic carbocycles. The molecular weight excluding hydrogens is 278 g/mol. The first-order valence-electron chi connectivity index (χ1n) is 4.31. The number of rotatable bonds is 5. The lowest BCUT2D eigenvalue weighted by molar-refractivity contribution is 0.185. The lowest BCUT2D eigenvalue weighted by atomic mass is 10.7. The molecule has 92 valence electrons. The highest BCUT2D eigenvalue weighted by atomic mass is 35.5. The van der Waals surface area contributed by atoms with Gasteiger partial charge in [-0.2, -0.15) is 0 Å². The van der Waals surface area contributed by atoms with Gasteiger partial charge in [-0.05, 0) is 6.92 Å². The van der Waals surface area contributed by atoms with E-state index < -0.39 is 7.82 Å². The van der Waals surface area contributed by atoms with Crippen molar-refractivity contribution < 1.29 is 18.1 Å². The van der Waals surface area contributed by atoms with Crippen LogP contribution in [-0.4, -0.2) is 23.5 Å². The van der Waals surface area contributed by atoms with Crippen LogP contribution in [0.4, 0.5) is 0 Å². The Morgan fingerprint density at radius 1 is 1.50 bits per heavy atom. The van der Waals surface area contributed by atoms with E-state index in [9.17, 15) is 4.57 Å². The van der Waals surface area contributed by atoms with Crippen molar-refractivity contribution >= 4 is 31.0 Å². The molecular formula is C7H11Cl2N2O4P. The molecule has 0 spiro atoms. The first-order chi connectivity index (χ1) is 7.43. The van der Waals surface area contributed by atoms with E-state index in [-0.39, 0.29) is 22.7 Å². The van der Waals surface area contributed by atoms with Crippen molar-refractivity contribution in [3.05, 3.63) is 10.2 Å². The third-order valence-electron chi connectivity index (χ3n) is 1.60. The van der Waals surface area contributed by atoms with Gasteiger partial charge in [-0.3, -0.25) is 13.7 Å². The highest BCUT2D eigenvalue weighted by molar-refractivity contribution is 7.48. The maximum atomic E-state index is 11.8. The number of phosphoric acid groups is 1. The van der Waals surface area contributed by atoms with Gasteiger partial charge < -0.3 is 4.52 Å². The summed E-state index contributed by atoms with van der Waals surface area (Å²) in [4.78, 5) is 0. The predicted octanol–water partition coefficient (Wildman–Crippen LogP) is 2.90. The van der Waals surface area contributed by atoms with Crippen molar-refractivity contribution in [3.63, 3.8) is 0 Å². The van der Waals surface area contributed by atoms with E-state index in [1.165, 1.54) is 11.8 Å². The second-order valence-corrected chi connectivity index (χ2v) is 5.11. The van der Waals surface area contributed by atoms with Gasteiger partial charge in [0.1, 0.15) is 10.2 Å². The zero-order chi connectivity index (χ0) is 12.3. The largest absolute Gasteiger partial charge is 0.531 e. The van der Waals surface area contributed by atoms with Gasteiger partial charge in [-0.25, -0.2) is 4.57 Å². The first-order valence-corrected chi connectivity index (χ1v) is 6.53. The predicted molar refractivity (Wildman–Crippen MR) is 60.1 cm³/mol. The number of halogens is 2. The summed E-state index contributed by atoms with van der Waals surface area (Å²) in [6, 6.07) is 0. The fourth-order valence-electron chi connectivity index (χ4n) is 0.893. The van der Waals surface area contributed by atoms with Crippen LogP contribution in [0.1, 0.15) is 6.92 Å². The highest BCUT2D eigenvalue weighted by Crippen LogP contribution is 2.50. The second-order valence-electron chi connectivity index (χ2n) is 2.67. The monoisotopic (exact) mass is 288 g/mol. The van der Waals surface area contributed by atoms with E-state index >= 15 is 0 Å². The third-order valence-corrected chi connectivity index (χ3v) is 3.89. The van der Waals surface area contributed by atoms with E-state index in [4.69, 9.17) is 32.2 Å². The van der Waals surface area contributed by atoms with Crippen molar-refractivity contribution in [1.29, 1.82) is 0 Å². The van der Waals surface area contributed by atoms with Crippen molar-refractivity contribution in [3.8, 4) is 5.88 Å². The van der Waals surface area contributed by atoms with Crippen LogP contribution in [0.3, 0.4) is 0 Å². The Bertz CT molecular complexity index is 423. The molecule has 1 unspecified atom stereocenters. The number of aromatic nitrogens is 2. The zero-order valence-electron chi connectivity index (χ0n) is 8.94. The molecule has 0 aliphatic heterocycles.